The van der Waals surface area contributed by atoms with Crippen molar-refractivity contribution in [2.45, 2.75) is 32.6 Å². The Morgan fingerprint density at radius 2 is 1.26 bits per heavy atom. The fourth-order valence-electron chi connectivity index (χ4n) is 1.20. The van der Waals surface area contributed by atoms with Crippen molar-refractivity contribution >= 4 is 6.29 Å². The lowest BCUT2D eigenvalue weighted by Gasteiger charge is -2.04. The molecule has 0 heterocycles. The van der Waals surface area contributed by atoms with Crippen LogP contribution in [0.2, 0.25) is 0 Å². The lowest BCUT2D eigenvalue weighted by atomic mass is 10.3. The molecule has 5 nitrogen and oxygen atoms in total. The summed E-state index contributed by atoms with van der Waals surface area (Å²) < 4.78 is 0. The van der Waals surface area contributed by atoms with E-state index in [1.54, 1.807) is 6.92 Å². The summed E-state index contributed by atoms with van der Waals surface area (Å²) in [5.74, 6) is 0. The van der Waals surface area contributed by atoms with Gasteiger partial charge in [0, 0.05) is 0 Å². The average molecular weight is 272 g/mol. The zero-order valence-corrected chi connectivity index (χ0v) is 12.4. The number of allylic oxidation sites excluding steroid dienone is 1. The second-order valence-electron chi connectivity index (χ2n) is 4.46. The van der Waals surface area contributed by atoms with Gasteiger partial charge in [-0.15, -0.1) is 0 Å². The predicted molar refractivity (Wildman–Crippen MR) is 83.2 cm³/mol. The molecular weight excluding hydrogens is 240 g/mol. The second-order valence-corrected chi connectivity index (χ2v) is 4.46. The third kappa shape index (κ3) is 26.7. The first-order valence-electron chi connectivity index (χ1n) is 7.11. The monoisotopic (exact) mass is 272 g/mol. The molecule has 0 aromatic heterocycles. The highest BCUT2D eigenvalue weighted by molar-refractivity contribution is 5.70. The number of unbranched alkanes of at least 4 members (excludes halogenated alkanes) is 1. The van der Waals surface area contributed by atoms with Crippen LogP contribution in [0.25, 0.3) is 0 Å². The first-order valence-corrected chi connectivity index (χ1v) is 7.11. The quantitative estimate of drug-likeness (QED) is 0.234. The van der Waals surface area contributed by atoms with E-state index in [1.165, 1.54) is 12.8 Å². The summed E-state index contributed by atoms with van der Waals surface area (Å²) in [4.78, 5) is 9.41. The van der Waals surface area contributed by atoms with E-state index < -0.39 is 0 Å². The Morgan fingerprint density at radius 1 is 0.947 bits per heavy atom. The molecule has 0 amide bonds. The summed E-state index contributed by atoms with van der Waals surface area (Å²) >= 11 is 0. The number of carbonyl (C=O) groups excluding carboxylic acids is 1. The fraction of sp³-hybridized carbons (Fsp3) is 0.786. The van der Waals surface area contributed by atoms with Crippen LogP contribution in [-0.4, -0.2) is 45.6 Å². The van der Waals surface area contributed by atoms with Crippen molar-refractivity contribution in [2.75, 3.05) is 39.3 Å². The molecule has 0 radical (unpaired) electrons. The zero-order chi connectivity index (χ0) is 14.8. The van der Waals surface area contributed by atoms with E-state index in [0.29, 0.717) is 5.57 Å². The molecule has 0 aromatic rings. The number of rotatable bonds is 12. The van der Waals surface area contributed by atoms with Crippen LogP contribution in [-0.2, 0) is 4.79 Å². The number of nitrogens with one attached hydrogen (secondary N) is 2. The van der Waals surface area contributed by atoms with Crippen LogP contribution in [0.4, 0.5) is 0 Å². The highest BCUT2D eigenvalue weighted by Gasteiger charge is 1.89. The van der Waals surface area contributed by atoms with Gasteiger partial charge >= 0.3 is 0 Å². The minimum Gasteiger partial charge on any atom is -0.330 e. The van der Waals surface area contributed by atoms with Crippen molar-refractivity contribution in [3.8, 4) is 0 Å². The summed E-state index contributed by atoms with van der Waals surface area (Å²) in [5.41, 5.74) is 11.3. The van der Waals surface area contributed by atoms with E-state index in [1.807, 2.05) is 0 Å². The number of aldehydes is 1. The van der Waals surface area contributed by atoms with Crippen LogP contribution < -0.4 is 22.1 Å². The van der Waals surface area contributed by atoms with E-state index in [-0.39, 0.29) is 0 Å². The van der Waals surface area contributed by atoms with Gasteiger partial charge in [0.05, 0.1) is 0 Å². The van der Waals surface area contributed by atoms with Gasteiger partial charge in [-0.25, -0.2) is 0 Å². The highest BCUT2D eigenvalue weighted by Crippen LogP contribution is 1.85. The van der Waals surface area contributed by atoms with E-state index in [4.69, 9.17) is 11.5 Å². The largest absolute Gasteiger partial charge is 0.330 e. The van der Waals surface area contributed by atoms with Crippen molar-refractivity contribution in [2.24, 2.45) is 11.5 Å². The van der Waals surface area contributed by atoms with E-state index in [9.17, 15) is 4.79 Å². The number of hydrogen-bond acceptors (Lipinski definition) is 5. The van der Waals surface area contributed by atoms with Gasteiger partial charge in [0.25, 0.3) is 0 Å². The lowest BCUT2D eigenvalue weighted by Crippen LogP contribution is -2.22. The number of carbonyl (C=O) groups is 1. The van der Waals surface area contributed by atoms with Gasteiger partial charge in [-0.3, -0.25) is 4.79 Å². The van der Waals surface area contributed by atoms with E-state index in [0.717, 1.165) is 58.4 Å². The topological polar surface area (TPSA) is 93.2 Å². The van der Waals surface area contributed by atoms with Gasteiger partial charge in [0.15, 0.2) is 0 Å². The summed E-state index contributed by atoms with van der Waals surface area (Å²) in [7, 11) is 0. The molecule has 0 saturated heterocycles. The first-order chi connectivity index (χ1) is 9.18. The smallest absolute Gasteiger partial charge is 0.145 e. The molecule has 0 bridgehead atoms. The molecular formula is C14H32N4O. The van der Waals surface area contributed by atoms with Crippen molar-refractivity contribution < 1.29 is 4.79 Å². The Morgan fingerprint density at radius 3 is 1.53 bits per heavy atom. The minimum atomic E-state index is 0.574. The van der Waals surface area contributed by atoms with Gasteiger partial charge in [-0.05, 0) is 77.4 Å². The Hall–Kier alpha value is -0.750. The summed E-state index contributed by atoms with van der Waals surface area (Å²) in [6.07, 6.45) is 5.35. The summed E-state index contributed by atoms with van der Waals surface area (Å²) in [6, 6.07) is 0. The molecule has 6 N–H and O–H groups in total. The van der Waals surface area contributed by atoms with Crippen molar-refractivity contribution in [1.29, 1.82) is 0 Å². The maximum absolute atomic E-state index is 9.41. The first kappa shape index (κ1) is 20.6. The predicted octanol–water partition coefficient (Wildman–Crippen LogP) is 0.405. The van der Waals surface area contributed by atoms with E-state index >= 15 is 0 Å². The number of hydrogen-bond donors (Lipinski definition) is 4. The van der Waals surface area contributed by atoms with Crippen LogP contribution in [0.15, 0.2) is 12.2 Å². The van der Waals surface area contributed by atoms with Gasteiger partial charge < -0.3 is 22.1 Å². The van der Waals surface area contributed by atoms with Gasteiger partial charge in [0.1, 0.15) is 6.29 Å². The van der Waals surface area contributed by atoms with Crippen LogP contribution >= 0.6 is 0 Å². The van der Waals surface area contributed by atoms with Crippen molar-refractivity contribution in [3.05, 3.63) is 12.2 Å². The molecule has 0 aliphatic carbocycles. The molecule has 0 aromatic carbocycles. The van der Waals surface area contributed by atoms with E-state index in [2.05, 4.69) is 17.2 Å². The van der Waals surface area contributed by atoms with Crippen molar-refractivity contribution in [1.82, 2.24) is 10.6 Å². The summed E-state index contributed by atoms with van der Waals surface area (Å²) in [5, 5.41) is 6.72. The molecule has 0 fully saturated rings. The molecule has 0 saturated carbocycles. The Labute approximate surface area is 118 Å². The second kappa shape index (κ2) is 19.6. The Bertz CT molecular complexity index is 186. The highest BCUT2D eigenvalue weighted by atomic mass is 16.1. The fourth-order valence-corrected chi connectivity index (χ4v) is 1.20. The third-order valence-electron chi connectivity index (χ3n) is 2.27. The Kier molecular flexibility index (Phi) is 21.2. The maximum Gasteiger partial charge on any atom is 0.145 e. The van der Waals surface area contributed by atoms with Crippen LogP contribution in [0.5, 0.6) is 0 Å². The maximum atomic E-state index is 9.41. The van der Waals surface area contributed by atoms with Crippen LogP contribution in [0, 0.1) is 0 Å². The molecule has 19 heavy (non-hydrogen) atoms. The zero-order valence-electron chi connectivity index (χ0n) is 12.4. The molecule has 0 spiro atoms. The normalized spacial score (nSPS) is 9.63. The van der Waals surface area contributed by atoms with Gasteiger partial charge in [-0.1, -0.05) is 6.58 Å². The molecule has 0 aliphatic heterocycles. The number of nitrogens with two attached hydrogens (primary N) is 2. The molecule has 0 aliphatic rings. The molecule has 114 valence electrons. The Balaban J connectivity index is 0. The standard InChI is InChI=1S/C10H26N4.C4H6O/c11-5-3-9-13-7-1-2-8-14-10-4-6-12;1-4(2)3-5/h13-14H,1-12H2;3H,1H2,2H3. The summed E-state index contributed by atoms with van der Waals surface area (Å²) in [6.45, 7) is 10.9. The van der Waals surface area contributed by atoms with Crippen LogP contribution in [0.1, 0.15) is 32.6 Å². The third-order valence-corrected chi connectivity index (χ3v) is 2.27. The van der Waals surface area contributed by atoms with Gasteiger partial charge in [-0.2, -0.15) is 0 Å². The van der Waals surface area contributed by atoms with Crippen molar-refractivity contribution in [3.63, 3.8) is 0 Å². The lowest BCUT2D eigenvalue weighted by molar-refractivity contribution is -0.104. The SMILES string of the molecule is C=C(C)C=O.NCCCNCCCCNCCCN. The van der Waals surface area contributed by atoms with Crippen LogP contribution in [0.3, 0.4) is 0 Å². The molecule has 5 heteroatoms. The molecule has 0 atom stereocenters. The van der Waals surface area contributed by atoms with Gasteiger partial charge in [0.2, 0.25) is 0 Å². The molecule has 0 unspecified atom stereocenters. The minimum absolute atomic E-state index is 0.574. The average Bonchev–Trinajstić information content (AvgIpc) is 2.41. The molecule has 0 rings (SSSR count).